The fraction of sp³-hybridized carbons (Fsp3) is 0.188. The molecule has 21 heavy (non-hydrogen) atoms. The summed E-state index contributed by atoms with van der Waals surface area (Å²) in [6.45, 7) is 0.107. The third-order valence-electron chi connectivity index (χ3n) is 2.94. The third kappa shape index (κ3) is 3.65. The molecule has 0 bridgehead atoms. The van der Waals surface area contributed by atoms with Crippen LogP contribution in [0.2, 0.25) is 0 Å². The van der Waals surface area contributed by atoms with E-state index in [-0.39, 0.29) is 18.2 Å². The van der Waals surface area contributed by atoms with Crippen molar-refractivity contribution < 1.29 is 13.9 Å². The standard InChI is InChI=1S/C16H13ClFNO2/c1-20-15-4-3-12(9-19)6-13(15)10-21-16-5-2-11(8-17)7-14(16)18/h2-7H,8,10H2,1H3. The van der Waals surface area contributed by atoms with Gasteiger partial charge in [0.05, 0.1) is 18.7 Å². The van der Waals surface area contributed by atoms with Gasteiger partial charge in [0.15, 0.2) is 11.6 Å². The van der Waals surface area contributed by atoms with Crippen LogP contribution >= 0.6 is 11.6 Å². The zero-order valence-corrected chi connectivity index (χ0v) is 12.2. The summed E-state index contributed by atoms with van der Waals surface area (Å²) in [6.07, 6.45) is 0. The van der Waals surface area contributed by atoms with Gasteiger partial charge < -0.3 is 9.47 Å². The van der Waals surface area contributed by atoms with Gasteiger partial charge in [0, 0.05) is 11.4 Å². The average Bonchev–Trinajstić information content (AvgIpc) is 2.53. The molecule has 0 radical (unpaired) electrons. The number of nitrogens with zero attached hydrogens (tertiary/aromatic N) is 1. The normalized spacial score (nSPS) is 10.0. The Bertz CT molecular complexity index is 682. The van der Waals surface area contributed by atoms with Crippen molar-refractivity contribution in [3.63, 3.8) is 0 Å². The Labute approximate surface area is 127 Å². The molecule has 2 rings (SSSR count). The number of benzene rings is 2. The van der Waals surface area contributed by atoms with Crippen LogP contribution in [0, 0.1) is 17.1 Å². The van der Waals surface area contributed by atoms with E-state index in [4.69, 9.17) is 26.3 Å². The average molecular weight is 306 g/mol. The van der Waals surface area contributed by atoms with Crippen LogP contribution < -0.4 is 9.47 Å². The largest absolute Gasteiger partial charge is 0.496 e. The van der Waals surface area contributed by atoms with Gasteiger partial charge in [0.25, 0.3) is 0 Å². The van der Waals surface area contributed by atoms with Gasteiger partial charge in [-0.25, -0.2) is 4.39 Å². The molecule has 0 aliphatic carbocycles. The third-order valence-corrected chi connectivity index (χ3v) is 3.25. The van der Waals surface area contributed by atoms with E-state index in [0.29, 0.717) is 22.4 Å². The second kappa shape index (κ2) is 6.96. The molecule has 0 N–H and O–H groups in total. The van der Waals surface area contributed by atoms with Crippen LogP contribution in [0.3, 0.4) is 0 Å². The van der Waals surface area contributed by atoms with Gasteiger partial charge in [0.1, 0.15) is 12.4 Å². The second-order valence-electron chi connectivity index (χ2n) is 4.33. The molecule has 0 unspecified atom stereocenters. The van der Waals surface area contributed by atoms with Crippen molar-refractivity contribution in [3.8, 4) is 17.6 Å². The van der Waals surface area contributed by atoms with E-state index in [0.717, 1.165) is 0 Å². The molecule has 3 nitrogen and oxygen atoms in total. The van der Waals surface area contributed by atoms with Crippen LogP contribution in [0.25, 0.3) is 0 Å². The van der Waals surface area contributed by atoms with Crippen LogP contribution in [0.15, 0.2) is 36.4 Å². The lowest BCUT2D eigenvalue weighted by atomic mass is 10.1. The maximum absolute atomic E-state index is 13.8. The molecule has 0 saturated heterocycles. The summed E-state index contributed by atoms with van der Waals surface area (Å²) < 4.78 is 24.5. The van der Waals surface area contributed by atoms with Crippen LogP contribution in [-0.4, -0.2) is 7.11 Å². The minimum atomic E-state index is -0.469. The van der Waals surface area contributed by atoms with E-state index in [1.807, 2.05) is 6.07 Å². The highest BCUT2D eigenvalue weighted by Gasteiger charge is 2.09. The van der Waals surface area contributed by atoms with Crippen LogP contribution in [0.1, 0.15) is 16.7 Å². The van der Waals surface area contributed by atoms with Crippen molar-refractivity contribution >= 4 is 11.6 Å². The minimum Gasteiger partial charge on any atom is -0.496 e. The fourth-order valence-corrected chi connectivity index (χ4v) is 2.03. The van der Waals surface area contributed by atoms with Crippen molar-refractivity contribution in [1.29, 1.82) is 5.26 Å². The van der Waals surface area contributed by atoms with Crippen molar-refractivity contribution in [1.82, 2.24) is 0 Å². The highest BCUT2D eigenvalue weighted by atomic mass is 35.5. The molecule has 0 heterocycles. The first-order valence-electron chi connectivity index (χ1n) is 6.22. The predicted octanol–water partition coefficient (Wildman–Crippen LogP) is 4.02. The van der Waals surface area contributed by atoms with Crippen molar-refractivity contribution in [2.45, 2.75) is 12.5 Å². The number of ether oxygens (including phenoxy) is 2. The predicted molar refractivity (Wildman–Crippen MR) is 78.0 cm³/mol. The Kier molecular flexibility index (Phi) is 5.02. The monoisotopic (exact) mass is 305 g/mol. The summed E-state index contributed by atoms with van der Waals surface area (Å²) in [6, 6.07) is 11.6. The molecule has 2 aromatic carbocycles. The van der Waals surface area contributed by atoms with E-state index in [1.54, 1.807) is 24.3 Å². The molecule has 0 fully saturated rings. The quantitative estimate of drug-likeness (QED) is 0.783. The van der Waals surface area contributed by atoms with Crippen LogP contribution in [0.5, 0.6) is 11.5 Å². The molecule has 0 aliphatic heterocycles. The lowest BCUT2D eigenvalue weighted by Gasteiger charge is -2.11. The molecular formula is C16H13ClFNO2. The van der Waals surface area contributed by atoms with Gasteiger partial charge >= 0.3 is 0 Å². The number of rotatable bonds is 5. The number of alkyl halides is 1. The Morgan fingerprint density at radius 1 is 1.19 bits per heavy atom. The summed E-state index contributed by atoms with van der Waals surface area (Å²) in [5.74, 6) is 0.499. The minimum absolute atomic E-state index is 0.107. The molecule has 0 aliphatic rings. The lowest BCUT2D eigenvalue weighted by molar-refractivity contribution is 0.282. The second-order valence-corrected chi connectivity index (χ2v) is 4.59. The Hall–Kier alpha value is -2.25. The Morgan fingerprint density at radius 3 is 2.57 bits per heavy atom. The first kappa shape index (κ1) is 15.1. The van der Waals surface area contributed by atoms with E-state index in [2.05, 4.69) is 0 Å². The van der Waals surface area contributed by atoms with Crippen molar-refractivity contribution in [3.05, 3.63) is 58.9 Å². The molecule has 108 valence electrons. The van der Waals surface area contributed by atoms with Gasteiger partial charge in [-0.3, -0.25) is 0 Å². The maximum Gasteiger partial charge on any atom is 0.165 e. The molecule has 0 spiro atoms. The topological polar surface area (TPSA) is 42.2 Å². The van der Waals surface area contributed by atoms with Gasteiger partial charge in [-0.2, -0.15) is 5.26 Å². The van der Waals surface area contributed by atoms with Crippen molar-refractivity contribution in [2.75, 3.05) is 7.11 Å². The maximum atomic E-state index is 13.8. The summed E-state index contributed by atoms with van der Waals surface area (Å²) >= 11 is 5.64. The fourth-order valence-electron chi connectivity index (χ4n) is 1.86. The van der Waals surface area contributed by atoms with Gasteiger partial charge in [-0.1, -0.05) is 6.07 Å². The van der Waals surface area contributed by atoms with Crippen LogP contribution in [0.4, 0.5) is 4.39 Å². The molecule has 0 saturated carbocycles. The van der Waals surface area contributed by atoms with Gasteiger partial charge in [-0.15, -0.1) is 11.6 Å². The van der Waals surface area contributed by atoms with Crippen molar-refractivity contribution in [2.24, 2.45) is 0 Å². The van der Waals surface area contributed by atoms with E-state index < -0.39 is 5.82 Å². The number of methoxy groups -OCH3 is 1. The molecule has 5 heteroatoms. The zero-order chi connectivity index (χ0) is 15.2. The molecule has 0 amide bonds. The van der Waals surface area contributed by atoms with Crippen LogP contribution in [-0.2, 0) is 12.5 Å². The van der Waals surface area contributed by atoms with E-state index in [9.17, 15) is 4.39 Å². The molecule has 0 aromatic heterocycles. The zero-order valence-electron chi connectivity index (χ0n) is 11.4. The Balaban J connectivity index is 2.18. The SMILES string of the molecule is COc1ccc(C#N)cc1COc1ccc(CCl)cc1F. The summed E-state index contributed by atoms with van der Waals surface area (Å²) in [5, 5.41) is 8.91. The smallest absolute Gasteiger partial charge is 0.165 e. The summed E-state index contributed by atoms with van der Waals surface area (Å²) in [7, 11) is 1.53. The number of halogens is 2. The first-order chi connectivity index (χ1) is 10.2. The lowest BCUT2D eigenvalue weighted by Crippen LogP contribution is -2.01. The van der Waals surface area contributed by atoms with Gasteiger partial charge in [-0.05, 0) is 35.9 Å². The Morgan fingerprint density at radius 2 is 1.95 bits per heavy atom. The summed E-state index contributed by atoms with van der Waals surface area (Å²) in [4.78, 5) is 0. The van der Waals surface area contributed by atoms with E-state index >= 15 is 0 Å². The molecule has 2 aromatic rings. The highest BCUT2D eigenvalue weighted by Crippen LogP contribution is 2.24. The number of hydrogen-bond donors (Lipinski definition) is 0. The summed E-state index contributed by atoms with van der Waals surface area (Å²) in [5.41, 5.74) is 1.86. The van der Waals surface area contributed by atoms with Gasteiger partial charge in [0.2, 0.25) is 0 Å². The number of nitriles is 1. The first-order valence-corrected chi connectivity index (χ1v) is 6.75. The highest BCUT2D eigenvalue weighted by molar-refractivity contribution is 6.17. The molecule has 0 atom stereocenters. The number of hydrogen-bond acceptors (Lipinski definition) is 3. The van der Waals surface area contributed by atoms with E-state index in [1.165, 1.54) is 19.2 Å². The molecular weight excluding hydrogens is 293 g/mol.